The van der Waals surface area contributed by atoms with Crippen LogP contribution in [0.1, 0.15) is 18.5 Å². The van der Waals surface area contributed by atoms with Crippen LogP contribution in [0.15, 0.2) is 97.5 Å². The van der Waals surface area contributed by atoms with Crippen molar-refractivity contribution in [1.29, 1.82) is 0 Å². The van der Waals surface area contributed by atoms with E-state index in [9.17, 15) is 9.59 Å². The Kier molecular flexibility index (Phi) is 8.45. The highest BCUT2D eigenvalue weighted by Crippen LogP contribution is 2.24. The summed E-state index contributed by atoms with van der Waals surface area (Å²) in [5.41, 5.74) is 8.53. The minimum absolute atomic E-state index is 0.140. The summed E-state index contributed by atoms with van der Waals surface area (Å²) in [6.07, 6.45) is 6.69. The van der Waals surface area contributed by atoms with Crippen molar-refractivity contribution in [2.45, 2.75) is 25.3 Å². The van der Waals surface area contributed by atoms with Crippen molar-refractivity contribution in [2.24, 2.45) is 5.73 Å². The summed E-state index contributed by atoms with van der Waals surface area (Å²) in [5.74, 6) is 0.892. The average Bonchev–Trinajstić information content (AvgIpc) is 3.44. The number of benzene rings is 2. The molecule has 0 saturated heterocycles. The van der Waals surface area contributed by atoms with Crippen LogP contribution < -0.4 is 21.1 Å². The maximum absolute atomic E-state index is 12.3. The Labute approximate surface area is 210 Å². The molecule has 0 spiro atoms. The molecule has 184 valence electrons. The van der Waals surface area contributed by atoms with E-state index in [1.54, 1.807) is 30.5 Å². The third-order valence-corrected chi connectivity index (χ3v) is 5.54. The molecular weight excluding hydrogens is 454 g/mol. The molecule has 0 radical (unpaired) electrons. The first kappa shape index (κ1) is 24.7. The molecule has 2 aromatic carbocycles. The smallest absolute Gasteiger partial charge is 0.236 e. The van der Waals surface area contributed by atoms with Crippen LogP contribution in [0.25, 0.3) is 5.69 Å². The predicted molar refractivity (Wildman–Crippen MR) is 139 cm³/mol. The van der Waals surface area contributed by atoms with Gasteiger partial charge in [-0.3, -0.25) is 14.6 Å². The largest absolute Gasteiger partial charge is 0.457 e. The molecular formula is C28H29N5O3. The van der Waals surface area contributed by atoms with Crippen LogP contribution in [0, 0.1) is 0 Å². The fourth-order valence-electron chi connectivity index (χ4n) is 3.57. The Morgan fingerprint density at radius 2 is 1.61 bits per heavy atom. The highest BCUT2D eigenvalue weighted by molar-refractivity contribution is 5.91. The Morgan fingerprint density at radius 3 is 2.28 bits per heavy atom. The first-order valence-electron chi connectivity index (χ1n) is 11.8. The van der Waals surface area contributed by atoms with E-state index in [0.29, 0.717) is 24.4 Å². The molecule has 4 aromatic rings. The number of nitrogens with one attached hydrogen (secondary N) is 2. The van der Waals surface area contributed by atoms with Gasteiger partial charge in [0, 0.05) is 55.0 Å². The van der Waals surface area contributed by atoms with Crippen LogP contribution in [0.5, 0.6) is 11.5 Å². The van der Waals surface area contributed by atoms with Gasteiger partial charge in [0.25, 0.3) is 0 Å². The van der Waals surface area contributed by atoms with Crippen molar-refractivity contribution in [3.05, 3.63) is 103 Å². The van der Waals surface area contributed by atoms with Gasteiger partial charge in [-0.2, -0.15) is 0 Å². The second-order valence-corrected chi connectivity index (χ2v) is 8.27. The lowest BCUT2D eigenvalue weighted by molar-refractivity contribution is -0.122. The van der Waals surface area contributed by atoms with Crippen molar-refractivity contribution in [3.8, 4) is 17.2 Å². The fourth-order valence-corrected chi connectivity index (χ4v) is 3.57. The number of carbonyl (C=O) groups excluding carboxylic acids is 2. The number of aromatic nitrogens is 2. The van der Waals surface area contributed by atoms with Gasteiger partial charge in [0.05, 0.1) is 6.04 Å². The number of rotatable bonds is 11. The van der Waals surface area contributed by atoms with Gasteiger partial charge in [-0.1, -0.05) is 6.07 Å². The lowest BCUT2D eigenvalue weighted by Gasteiger charge is -2.12. The lowest BCUT2D eigenvalue weighted by atomic mass is 10.1. The van der Waals surface area contributed by atoms with Gasteiger partial charge in [0.1, 0.15) is 11.5 Å². The van der Waals surface area contributed by atoms with E-state index in [-0.39, 0.29) is 24.7 Å². The molecule has 4 rings (SSSR count). The van der Waals surface area contributed by atoms with Gasteiger partial charge >= 0.3 is 0 Å². The van der Waals surface area contributed by atoms with Crippen molar-refractivity contribution >= 4 is 17.5 Å². The van der Waals surface area contributed by atoms with E-state index < -0.39 is 6.04 Å². The molecule has 0 aliphatic rings. The number of pyridine rings is 1. The van der Waals surface area contributed by atoms with E-state index >= 15 is 0 Å². The second-order valence-electron chi connectivity index (χ2n) is 8.27. The Hall–Kier alpha value is -4.43. The van der Waals surface area contributed by atoms with E-state index in [2.05, 4.69) is 15.6 Å². The van der Waals surface area contributed by atoms with Gasteiger partial charge in [-0.25, -0.2) is 0 Å². The molecule has 8 heteroatoms. The molecule has 0 unspecified atom stereocenters. The van der Waals surface area contributed by atoms with Gasteiger partial charge in [0.2, 0.25) is 11.8 Å². The lowest BCUT2D eigenvalue weighted by Crippen LogP contribution is -2.41. The van der Waals surface area contributed by atoms with Crippen LogP contribution in [0.4, 0.5) is 5.69 Å². The standard InChI is InChI=1S/C28H29N5O3/c29-26(28(35)31-18-16-21-5-1-2-17-30-21)14-15-27(34)32-22-6-10-24(11-7-22)36-25-12-8-23(9-13-25)33-19-3-4-20-33/h1-13,17,19-20,26H,14-16,18,29H2,(H,31,35)(H,32,34)/t26-/m1/s1. The zero-order chi connectivity index (χ0) is 25.2. The summed E-state index contributed by atoms with van der Waals surface area (Å²) < 4.78 is 7.91. The van der Waals surface area contributed by atoms with E-state index in [0.717, 1.165) is 17.1 Å². The third-order valence-electron chi connectivity index (χ3n) is 5.54. The molecule has 0 saturated carbocycles. The Morgan fingerprint density at radius 1 is 0.917 bits per heavy atom. The van der Waals surface area contributed by atoms with Gasteiger partial charge in [0.15, 0.2) is 0 Å². The molecule has 0 bridgehead atoms. The number of carbonyl (C=O) groups is 2. The Balaban J connectivity index is 1.17. The van der Waals surface area contributed by atoms with E-state index in [4.69, 9.17) is 10.5 Å². The normalized spacial score (nSPS) is 11.5. The summed E-state index contributed by atoms with van der Waals surface area (Å²) in [5, 5.41) is 5.61. The molecule has 8 nitrogen and oxygen atoms in total. The maximum atomic E-state index is 12.3. The van der Waals surface area contributed by atoms with E-state index in [1.165, 1.54) is 0 Å². The summed E-state index contributed by atoms with van der Waals surface area (Å²) in [4.78, 5) is 28.7. The molecule has 0 aliphatic carbocycles. The van der Waals surface area contributed by atoms with Crippen LogP contribution in [0.2, 0.25) is 0 Å². The number of nitrogens with two attached hydrogens (primary N) is 1. The number of amides is 2. The third kappa shape index (κ3) is 7.28. The highest BCUT2D eigenvalue weighted by Gasteiger charge is 2.15. The molecule has 36 heavy (non-hydrogen) atoms. The quantitative estimate of drug-likeness (QED) is 0.298. The van der Waals surface area contributed by atoms with Crippen molar-refractivity contribution in [2.75, 3.05) is 11.9 Å². The summed E-state index contributed by atoms with van der Waals surface area (Å²) in [6.45, 7) is 0.446. The molecule has 0 aliphatic heterocycles. The fraction of sp³-hybridized carbons (Fsp3) is 0.179. The van der Waals surface area contributed by atoms with Crippen LogP contribution in [-0.2, 0) is 16.0 Å². The number of anilines is 1. The van der Waals surface area contributed by atoms with Crippen molar-refractivity contribution < 1.29 is 14.3 Å². The minimum Gasteiger partial charge on any atom is -0.457 e. The number of nitrogens with zero attached hydrogens (tertiary/aromatic N) is 2. The first-order chi connectivity index (χ1) is 17.6. The molecule has 0 fully saturated rings. The number of hydrogen-bond donors (Lipinski definition) is 3. The number of hydrogen-bond acceptors (Lipinski definition) is 5. The molecule has 1 atom stereocenters. The van der Waals surface area contributed by atoms with Crippen LogP contribution in [-0.4, -0.2) is 34.0 Å². The first-order valence-corrected chi connectivity index (χ1v) is 11.8. The summed E-state index contributed by atoms with van der Waals surface area (Å²) in [6, 6.07) is 23.7. The monoisotopic (exact) mass is 483 g/mol. The predicted octanol–water partition coefficient (Wildman–Crippen LogP) is 4.07. The molecule has 4 N–H and O–H groups in total. The van der Waals surface area contributed by atoms with Gasteiger partial charge in [-0.15, -0.1) is 0 Å². The van der Waals surface area contributed by atoms with Gasteiger partial charge < -0.3 is 25.7 Å². The average molecular weight is 484 g/mol. The molecule has 2 amide bonds. The van der Waals surface area contributed by atoms with Gasteiger partial charge in [-0.05, 0) is 79.2 Å². The SMILES string of the molecule is N[C@H](CCC(=O)Nc1ccc(Oc2ccc(-n3cccc3)cc2)cc1)C(=O)NCCc1ccccn1. The molecule has 2 heterocycles. The molecule has 2 aromatic heterocycles. The summed E-state index contributed by atoms with van der Waals surface area (Å²) >= 11 is 0. The Bertz CT molecular complexity index is 1240. The van der Waals surface area contributed by atoms with Crippen LogP contribution >= 0.6 is 0 Å². The highest BCUT2D eigenvalue weighted by atomic mass is 16.5. The van der Waals surface area contributed by atoms with Crippen molar-refractivity contribution in [1.82, 2.24) is 14.9 Å². The number of ether oxygens (including phenoxy) is 1. The van der Waals surface area contributed by atoms with E-state index in [1.807, 2.05) is 71.6 Å². The zero-order valence-corrected chi connectivity index (χ0v) is 19.8. The van der Waals surface area contributed by atoms with Crippen LogP contribution in [0.3, 0.4) is 0 Å². The van der Waals surface area contributed by atoms with Crippen molar-refractivity contribution in [3.63, 3.8) is 0 Å². The zero-order valence-electron chi connectivity index (χ0n) is 19.8. The second kappa shape index (κ2) is 12.3. The maximum Gasteiger partial charge on any atom is 0.236 e. The summed E-state index contributed by atoms with van der Waals surface area (Å²) in [7, 11) is 0. The topological polar surface area (TPSA) is 111 Å². The minimum atomic E-state index is -0.751.